The summed E-state index contributed by atoms with van der Waals surface area (Å²) in [5.74, 6) is 2.47. The summed E-state index contributed by atoms with van der Waals surface area (Å²) in [6.45, 7) is -0.181. The molecule has 61 heavy (non-hydrogen) atoms. The van der Waals surface area contributed by atoms with Crippen LogP contribution in [0, 0.1) is 0 Å². The van der Waals surface area contributed by atoms with E-state index in [0.717, 1.165) is 26.7 Å². The Balaban J connectivity index is 0.000000929. The van der Waals surface area contributed by atoms with Crippen LogP contribution in [0.15, 0.2) is 184 Å². The molecule has 0 aliphatic heterocycles. The molecule has 4 N–H and O–H groups in total. The van der Waals surface area contributed by atoms with Gasteiger partial charge in [0.25, 0.3) is 6.47 Å². The van der Waals surface area contributed by atoms with Gasteiger partial charge in [0.1, 0.15) is 41.8 Å². The molecule has 3 aromatic heterocycles. The first-order chi connectivity index (χ1) is 27.9. The van der Waals surface area contributed by atoms with Crippen molar-refractivity contribution in [1.82, 2.24) is 0 Å². The molecule has 3 heterocycles. The summed E-state index contributed by atoms with van der Waals surface area (Å²) in [7, 11) is -3.00. The average Bonchev–Trinajstić information content (AvgIpc) is 3.24. The van der Waals surface area contributed by atoms with Crippen LogP contribution in [0.5, 0.6) is 23.0 Å². The first-order valence-electron chi connectivity index (χ1n) is 16.6. The van der Waals surface area contributed by atoms with Gasteiger partial charge in [-0.25, -0.2) is 14.4 Å². The van der Waals surface area contributed by atoms with Crippen LogP contribution in [0.3, 0.4) is 0 Å². The van der Waals surface area contributed by atoms with Crippen molar-refractivity contribution in [3.8, 4) is 45.3 Å². The van der Waals surface area contributed by atoms with Gasteiger partial charge in [0.2, 0.25) is 0 Å². The quantitative estimate of drug-likeness (QED) is 0.0539. The maximum atomic E-state index is 11.0. The second-order valence-corrected chi connectivity index (χ2v) is 12.2. The smallest absolute Gasteiger partial charge is 1.00 e. The normalized spacial score (nSPS) is 9.34. The van der Waals surface area contributed by atoms with E-state index in [4.69, 9.17) is 48.5 Å². The zero-order valence-electron chi connectivity index (χ0n) is 32.8. The molecular weight excluding hydrogens is 880 g/mol. The first-order valence-corrected chi connectivity index (χ1v) is 17.4. The molecule has 7 aromatic rings. The van der Waals surface area contributed by atoms with E-state index in [1.54, 1.807) is 66.7 Å². The monoisotopic (exact) mass is 914 g/mol. The van der Waals surface area contributed by atoms with Gasteiger partial charge in [-0.3, -0.25) is 4.79 Å². The minimum atomic E-state index is -1.50. The average molecular weight is 915 g/mol. The number of ether oxygens (including phenoxy) is 2. The van der Waals surface area contributed by atoms with E-state index in [1.807, 2.05) is 48.5 Å². The third-order valence-corrected chi connectivity index (χ3v) is 7.76. The van der Waals surface area contributed by atoms with E-state index >= 15 is 0 Å². The van der Waals surface area contributed by atoms with Gasteiger partial charge >= 0.3 is 90.2 Å². The standard InChI is InChI=1S/C22H14O5.C12H12B2O5.C5H3BrO2.CH2O3.CH4.2Na.H/c23-21-11-5-17(13-25-21)15-1-7-19(8-2-15)27-20-9-3-16(4-10-20)18-6-12-22(24)26-14-18;15-13(16)9-1-5-11(6-2-9)19-12-7-3-10(4-8-12)14(17)18;6-4-1-2-5(7)8-3-4;2-1-4-3;;;;/h1-14H;1-8,15-18H;1-3H;1,3H;1H4;;;/q;;;;;2*+1;-1/p-1. The fraction of sp³-hybridized carbons (Fsp3) is 0.0244. The van der Waals surface area contributed by atoms with Crippen molar-refractivity contribution in [2.45, 2.75) is 7.43 Å². The molecule has 20 heteroatoms. The Morgan fingerprint density at radius 3 is 1.00 bits per heavy atom. The number of hydrogen-bond acceptors (Lipinski definition) is 15. The van der Waals surface area contributed by atoms with E-state index in [2.05, 4.69) is 25.2 Å². The maximum absolute atomic E-state index is 11.0. The van der Waals surface area contributed by atoms with Crippen molar-refractivity contribution in [2.24, 2.45) is 0 Å². The molecule has 304 valence electrons. The minimum absolute atomic E-state index is 0. The largest absolute Gasteiger partial charge is 1.00 e. The van der Waals surface area contributed by atoms with Crippen molar-refractivity contribution in [3.05, 3.63) is 188 Å². The van der Waals surface area contributed by atoms with E-state index in [0.29, 0.717) is 33.9 Å². The maximum Gasteiger partial charge on any atom is 1.00 e. The Morgan fingerprint density at radius 1 is 0.492 bits per heavy atom. The van der Waals surface area contributed by atoms with Crippen LogP contribution in [0.2, 0.25) is 0 Å². The van der Waals surface area contributed by atoms with E-state index in [9.17, 15) is 14.4 Å². The Morgan fingerprint density at radius 2 is 0.770 bits per heavy atom. The van der Waals surface area contributed by atoms with Gasteiger partial charge in [0, 0.05) is 29.3 Å². The minimum Gasteiger partial charge on any atom is -1.00 e. The molecule has 4 aromatic carbocycles. The molecule has 0 fully saturated rings. The Labute approximate surface area is 403 Å². The Hall–Kier alpha value is -4.79. The van der Waals surface area contributed by atoms with Gasteiger partial charge < -0.3 is 54.4 Å². The number of rotatable bonds is 9. The van der Waals surface area contributed by atoms with Crippen molar-refractivity contribution in [3.63, 3.8) is 0 Å². The molecule has 0 atom stereocenters. The molecule has 0 unspecified atom stereocenters. The number of carbonyl (C=O) groups excluding carboxylic acids is 1. The zero-order valence-corrected chi connectivity index (χ0v) is 37.4. The van der Waals surface area contributed by atoms with E-state index in [-0.39, 0.29) is 91.3 Å². The third-order valence-electron chi connectivity index (χ3n) is 7.31. The summed E-state index contributed by atoms with van der Waals surface area (Å²) in [5, 5.41) is 44.2. The van der Waals surface area contributed by atoms with Crippen LogP contribution in [0.4, 0.5) is 0 Å². The Kier molecular flexibility index (Phi) is 25.5. The summed E-state index contributed by atoms with van der Waals surface area (Å²) in [4.78, 5) is 43.6. The SMILES string of the molecule is C.O=CO[O-].O=c1ccc(-c2ccc(Oc3ccc(-c4ccc(=O)oc4)cc3)cc2)co1.O=c1ccc(Br)co1.OB(O)c1ccc(Oc2ccc(B(O)O)cc2)cc1.[H-].[Na+].[Na+]. The van der Waals surface area contributed by atoms with Crippen LogP contribution in [0.1, 0.15) is 8.85 Å². The molecule has 0 aliphatic carbocycles. The third kappa shape index (κ3) is 19.2. The first kappa shape index (κ1) is 54.2. The molecule has 15 nitrogen and oxygen atoms in total. The number of carbonyl (C=O) groups is 1. The van der Waals surface area contributed by atoms with Gasteiger partial charge in [0.05, 0.1) is 4.47 Å². The van der Waals surface area contributed by atoms with Crippen molar-refractivity contribution in [1.29, 1.82) is 0 Å². The predicted molar refractivity (Wildman–Crippen MR) is 221 cm³/mol. The molecule has 0 aliphatic rings. The van der Waals surface area contributed by atoms with E-state index in [1.165, 1.54) is 37.0 Å². The van der Waals surface area contributed by atoms with Crippen LogP contribution >= 0.6 is 15.9 Å². The van der Waals surface area contributed by atoms with Crippen LogP contribution in [-0.4, -0.2) is 40.8 Å². The van der Waals surface area contributed by atoms with Gasteiger partial charge in [-0.15, -0.1) is 0 Å². The summed E-state index contributed by atoms with van der Waals surface area (Å²) >= 11 is 3.11. The van der Waals surface area contributed by atoms with Crippen molar-refractivity contribution in [2.75, 3.05) is 0 Å². The number of halogens is 1. The molecule has 0 radical (unpaired) electrons. The fourth-order valence-corrected chi connectivity index (χ4v) is 4.73. The zero-order chi connectivity index (χ0) is 41.9. The van der Waals surface area contributed by atoms with Gasteiger partial charge in [-0.1, -0.05) is 56.0 Å². The predicted octanol–water partition coefficient (Wildman–Crippen LogP) is -1.85. The second-order valence-electron chi connectivity index (χ2n) is 11.3. The molecule has 0 bridgehead atoms. The van der Waals surface area contributed by atoms with Crippen molar-refractivity contribution >= 4 is 47.6 Å². The van der Waals surface area contributed by atoms with Gasteiger partial charge in [0.15, 0.2) is 0 Å². The fourth-order valence-electron chi connectivity index (χ4n) is 4.50. The second kappa shape index (κ2) is 28.7. The molecule has 0 spiro atoms. The molecule has 0 saturated carbocycles. The van der Waals surface area contributed by atoms with Crippen LogP contribution in [-0.2, 0) is 9.68 Å². The molecular formula is C41H35B2BrNa2O15. The van der Waals surface area contributed by atoms with Crippen LogP contribution in [0.25, 0.3) is 22.3 Å². The van der Waals surface area contributed by atoms with Crippen LogP contribution < -0.4 is 102 Å². The summed E-state index contributed by atoms with van der Waals surface area (Å²) < 4.78 is 26.4. The van der Waals surface area contributed by atoms with Gasteiger partial charge in [-0.2, -0.15) is 0 Å². The van der Waals surface area contributed by atoms with E-state index < -0.39 is 14.2 Å². The van der Waals surface area contributed by atoms with Gasteiger partial charge in [-0.05, 0) is 105 Å². The summed E-state index contributed by atoms with van der Waals surface area (Å²) in [6.07, 6.45) is 4.22. The number of benzene rings is 4. The molecule has 0 saturated heterocycles. The molecule has 7 rings (SSSR count). The number of hydrogen-bond donors (Lipinski definition) is 4. The summed E-state index contributed by atoms with van der Waals surface area (Å²) in [6, 6.07) is 36.8. The topological polar surface area (TPSA) is 239 Å². The Bertz CT molecular complexity index is 2300. The molecule has 0 amide bonds. The summed E-state index contributed by atoms with van der Waals surface area (Å²) in [5.41, 5.74) is 3.17. The van der Waals surface area contributed by atoms with Crippen molar-refractivity contribution < 1.29 is 118 Å².